The molecule has 0 aromatic heterocycles. The lowest BCUT2D eigenvalue weighted by atomic mass is 9.91. The van der Waals surface area contributed by atoms with Crippen LogP contribution in [0.5, 0.6) is 0 Å². The fourth-order valence-electron chi connectivity index (χ4n) is 2.84. The predicted molar refractivity (Wildman–Crippen MR) is 66.9 cm³/mol. The summed E-state index contributed by atoms with van der Waals surface area (Å²) in [5.74, 6) is 1.53. The summed E-state index contributed by atoms with van der Waals surface area (Å²) in [6, 6.07) is 1.47. The number of piperidine rings is 1. The summed E-state index contributed by atoms with van der Waals surface area (Å²) in [4.78, 5) is 2.67. The van der Waals surface area contributed by atoms with Crippen molar-refractivity contribution in [1.82, 2.24) is 4.90 Å². The Morgan fingerprint density at radius 2 is 1.93 bits per heavy atom. The number of rotatable bonds is 4. The molecule has 15 heavy (non-hydrogen) atoms. The summed E-state index contributed by atoms with van der Waals surface area (Å²) in [6.45, 7) is 11.4. The zero-order chi connectivity index (χ0) is 11.4. The van der Waals surface area contributed by atoms with Crippen LogP contribution in [-0.4, -0.2) is 30.1 Å². The molecule has 1 saturated heterocycles. The Kier molecular flexibility index (Phi) is 5.07. The van der Waals surface area contributed by atoms with Crippen molar-refractivity contribution in [2.75, 3.05) is 13.1 Å². The number of nitrogens with two attached hydrogens (primary N) is 1. The van der Waals surface area contributed by atoms with Crippen molar-refractivity contribution in [3.05, 3.63) is 0 Å². The quantitative estimate of drug-likeness (QED) is 0.776. The SMILES string of the molecule is CC(C)CC(C)N1CC(CN)CCC1C. The molecule has 3 unspecified atom stereocenters. The summed E-state index contributed by atoms with van der Waals surface area (Å²) < 4.78 is 0. The molecule has 0 aromatic rings. The lowest BCUT2D eigenvalue weighted by Gasteiger charge is -2.42. The van der Waals surface area contributed by atoms with E-state index >= 15 is 0 Å². The van der Waals surface area contributed by atoms with E-state index in [1.807, 2.05) is 0 Å². The topological polar surface area (TPSA) is 29.3 Å². The van der Waals surface area contributed by atoms with Gasteiger partial charge in [0.05, 0.1) is 0 Å². The molecule has 0 aliphatic carbocycles. The molecule has 1 heterocycles. The van der Waals surface area contributed by atoms with Gasteiger partial charge in [0.1, 0.15) is 0 Å². The largest absolute Gasteiger partial charge is 0.330 e. The number of likely N-dealkylation sites (tertiary alicyclic amines) is 1. The molecule has 0 saturated carbocycles. The first kappa shape index (κ1) is 13.0. The Morgan fingerprint density at radius 1 is 1.27 bits per heavy atom. The van der Waals surface area contributed by atoms with E-state index < -0.39 is 0 Å². The molecule has 3 atom stereocenters. The molecule has 1 fully saturated rings. The van der Waals surface area contributed by atoms with Crippen LogP contribution in [0.25, 0.3) is 0 Å². The van der Waals surface area contributed by atoms with Crippen molar-refractivity contribution >= 4 is 0 Å². The number of hydrogen-bond donors (Lipinski definition) is 1. The van der Waals surface area contributed by atoms with Crippen molar-refractivity contribution in [1.29, 1.82) is 0 Å². The standard InChI is InChI=1S/C13H28N2/c1-10(2)7-12(4)15-9-13(8-14)6-5-11(15)3/h10-13H,5-9,14H2,1-4H3. The average molecular weight is 212 g/mol. The van der Waals surface area contributed by atoms with Crippen molar-refractivity contribution in [3.8, 4) is 0 Å². The highest BCUT2D eigenvalue weighted by Crippen LogP contribution is 2.25. The van der Waals surface area contributed by atoms with E-state index in [-0.39, 0.29) is 0 Å². The van der Waals surface area contributed by atoms with Gasteiger partial charge >= 0.3 is 0 Å². The van der Waals surface area contributed by atoms with Gasteiger partial charge in [-0.05, 0) is 51.5 Å². The van der Waals surface area contributed by atoms with Gasteiger partial charge in [0.25, 0.3) is 0 Å². The van der Waals surface area contributed by atoms with Crippen molar-refractivity contribution in [2.45, 2.75) is 59.0 Å². The molecule has 1 aliphatic rings. The molecule has 0 spiro atoms. The molecule has 1 rings (SSSR count). The van der Waals surface area contributed by atoms with Gasteiger partial charge < -0.3 is 5.73 Å². The Hall–Kier alpha value is -0.0800. The first-order valence-electron chi connectivity index (χ1n) is 6.50. The number of nitrogens with zero attached hydrogens (tertiary/aromatic N) is 1. The van der Waals surface area contributed by atoms with Crippen LogP contribution < -0.4 is 5.73 Å². The maximum atomic E-state index is 5.79. The minimum Gasteiger partial charge on any atom is -0.330 e. The second-order valence-electron chi connectivity index (χ2n) is 5.70. The third kappa shape index (κ3) is 3.76. The van der Waals surface area contributed by atoms with Gasteiger partial charge in [-0.2, -0.15) is 0 Å². The fourth-order valence-corrected chi connectivity index (χ4v) is 2.84. The summed E-state index contributed by atoms with van der Waals surface area (Å²) >= 11 is 0. The van der Waals surface area contributed by atoms with Crippen molar-refractivity contribution < 1.29 is 0 Å². The van der Waals surface area contributed by atoms with Crippen LogP contribution in [0.3, 0.4) is 0 Å². The predicted octanol–water partition coefficient (Wildman–Crippen LogP) is 2.48. The summed E-state index contributed by atoms with van der Waals surface area (Å²) in [7, 11) is 0. The van der Waals surface area contributed by atoms with Crippen LogP contribution >= 0.6 is 0 Å². The molecular formula is C13H28N2. The van der Waals surface area contributed by atoms with Gasteiger partial charge in [-0.3, -0.25) is 4.90 Å². The highest BCUT2D eigenvalue weighted by molar-refractivity contribution is 4.83. The second-order valence-corrected chi connectivity index (χ2v) is 5.70. The van der Waals surface area contributed by atoms with Crippen LogP contribution in [0, 0.1) is 11.8 Å². The van der Waals surface area contributed by atoms with E-state index in [1.165, 1.54) is 25.8 Å². The van der Waals surface area contributed by atoms with E-state index in [4.69, 9.17) is 5.73 Å². The lowest BCUT2D eigenvalue weighted by Crippen LogP contribution is -2.48. The van der Waals surface area contributed by atoms with E-state index in [9.17, 15) is 0 Å². The summed E-state index contributed by atoms with van der Waals surface area (Å²) in [5, 5.41) is 0. The van der Waals surface area contributed by atoms with E-state index in [0.29, 0.717) is 6.04 Å². The molecule has 2 heteroatoms. The average Bonchev–Trinajstić information content (AvgIpc) is 2.17. The van der Waals surface area contributed by atoms with Crippen LogP contribution in [0.15, 0.2) is 0 Å². The molecule has 0 aromatic carbocycles. The molecular weight excluding hydrogens is 184 g/mol. The Morgan fingerprint density at radius 3 is 2.47 bits per heavy atom. The smallest absolute Gasteiger partial charge is 0.00723 e. The fraction of sp³-hybridized carbons (Fsp3) is 1.00. The van der Waals surface area contributed by atoms with Gasteiger partial charge in [0, 0.05) is 18.6 Å². The van der Waals surface area contributed by atoms with Gasteiger partial charge in [0.2, 0.25) is 0 Å². The first-order chi connectivity index (χ1) is 7.04. The van der Waals surface area contributed by atoms with E-state index in [0.717, 1.165) is 24.4 Å². The second kappa shape index (κ2) is 5.86. The maximum Gasteiger partial charge on any atom is 0.00723 e. The van der Waals surface area contributed by atoms with Gasteiger partial charge in [-0.25, -0.2) is 0 Å². The van der Waals surface area contributed by atoms with E-state index in [1.54, 1.807) is 0 Å². The zero-order valence-electron chi connectivity index (χ0n) is 10.9. The maximum absolute atomic E-state index is 5.79. The van der Waals surface area contributed by atoms with Gasteiger partial charge in [0.15, 0.2) is 0 Å². The minimum atomic E-state index is 0.717. The third-order valence-electron chi connectivity index (χ3n) is 3.74. The minimum absolute atomic E-state index is 0.717. The zero-order valence-corrected chi connectivity index (χ0v) is 10.9. The van der Waals surface area contributed by atoms with Crippen molar-refractivity contribution in [3.63, 3.8) is 0 Å². The van der Waals surface area contributed by atoms with Crippen LogP contribution in [0.2, 0.25) is 0 Å². The van der Waals surface area contributed by atoms with Crippen LogP contribution in [-0.2, 0) is 0 Å². The van der Waals surface area contributed by atoms with Gasteiger partial charge in [-0.15, -0.1) is 0 Å². The first-order valence-corrected chi connectivity index (χ1v) is 6.50. The highest BCUT2D eigenvalue weighted by atomic mass is 15.2. The molecule has 0 radical (unpaired) electrons. The molecule has 0 bridgehead atoms. The summed E-state index contributed by atoms with van der Waals surface area (Å²) in [5.41, 5.74) is 5.79. The normalized spacial score (nSPS) is 30.8. The Labute approximate surface area is 95.2 Å². The molecule has 2 N–H and O–H groups in total. The summed E-state index contributed by atoms with van der Waals surface area (Å²) in [6.07, 6.45) is 3.95. The lowest BCUT2D eigenvalue weighted by molar-refractivity contribution is 0.0718. The monoisotopic (exact) mass is 212 g/mol. The highest BCUT2D eigenvalue weighted by Gasteiger charge is 2.28. The van der Waals surface area contributed by atoms with Crippen molar-refractivity contribution in [2.24, 2.45) is 17.6 Å². The van der Waals surface area contributed by atoms with Gasteiger partial charge in [-0.1, -0.05) is 13.8 Å². The molecule has 90 valence electrons. The molecule has 1 aliphatic heterocycles. The number of hydrogen-bond acceptors (Lipinski definition) is 2. The van der Waals surface area contributed by atoms with Crippen LogP contribution in [0.4, 0.5) is 0 Å². The molecule has 0 amide bonds. The molecule has 2 nitrogen and oxygen atoms in total. The van der Waals surface area contributed by atoms with E-state index in [2.05, 4.69) is 32.6 Å². The third-order valence-corrected chi connectivity index (χ3v) is 3.74. The Bertz CT molecular complexity index is 179. The van der Waals surface area contributed by atoms with Crippen LogP contribution in [0.1, 0.15) is 47.0 Å². The Balaban J connectivity index is 2.49.